The minimum absolute atomic E-state index is 0.274. The minimum atomic E-state index is -0.274. The maximum atomic E-state index is 6.08. The highest BCUT2D eigenvalue weighted by atomic mass is 79.9. The summed E-state index contributed by atoms with van der Waals surface area (Å²) in [6, 6.07) is 0. The lowest BCUT2D eigenvalue weighted by Crippen LogP contribution is -2.30. The van der Waals surface area contributed by atoms with Crippen LogP contribution in [0.5, 0.6) is 0 Å². The SMILES string of the molecule is CCNc1nc(C2(OCC)CCCC2)nc(CC)c1Br. The highest BCUT2D eigenvalue weighted by Crippen LogP contribution is 2.41. The van der Waals surface area contributed by atoms with Crippen molar-refractivity contribution in [1.82, 2.24) is 9.97 Å². The summed E-state index contributed by atoms with van der Waals surface area (Å²) in [5, 5.41) is 3.32. The molecule has 4 nitrogen and oxygen atoms in total. The van der Waals surface area contributed by atoms with E-state index in [-0.39, 0.29) is 5.60 Å². The Hall–Kier alpha value is -0.680. The number of hydrogen-bond acceptors (Lipinski definition) is 4. The van der Waals surface area contributed by atoms with Crippen molar-refractivity contribution < 1.29 is 4.74 Å². The van der Waals surface area contributed by atoms with Crippen molar-refractivity contribution in [3.8, 4) is 0 Å². The van der Waals surface area contributed by atoms with E-state index in [1.54, 1.807) is 0 Å². The number of rotatable bonds is 6. The molecule has 1 heterocycles. The third-order valence-corrected chi connectivity index (χ3v) is 4.67. The van der Waals surface area contributed by atoms with Crippen LogP contribution in [0.2, 0.25) is 0 Å². The number of aryl methyl sites for hydroxylation is 1. The van der Waals surface area contributed by atoms with Crippen LogP contribution in [0.15, 0.2) is 4.47 Å². The Morgan fingerprint density at radius 3 is 2.45 bits per heavy atom. The largest absolute Gasteiger partial charge is 0.369 e. The maximum Gasteiger partial charge on any atom is 0.162 e. The van der Waals surface area contributed by atoms with Crippen LogP contribution < -0.4 is 5.32 Å². The molecule has 0 atom stereocenters. The Kier molecular flexibility index (Phi) is 5.38. The number of aromatic nitrogens is 2. The van der Waals surface area contributed by atoms with Crippen molar-refractivity contribution in [3.63, 3.8) is 0 Å². The molecule has 0 aromatic carbocycles. The van der Waals surface area contributed by atoms with Gasteiger partial charge in [-0.15, -0.1) is 0 Å². The van der Waals surface area contributed by atoms with Gasteiger partial charge in [0.25, 0.3) is 0 Å². The van der Waals surface area contributed by atoms with Gasteiger partial charge in [0.2, 0.25) is 0 Å². The van der Waals surface area contributed by atoms with Crippen LogP contribution in [-0.4, -0.2) is 23.1 Å². The first-order valence-electron chi connectivity index (χ1n) is 7.61. The van der Waals surface area contributed by atoms with E-state index in [0.29, 0.717) is 6.61 Å². The van der Waals surface area contributed by atoms with Crippen molar-refractivity contribution in [2.75, 3.05) is 18.5 Å². The fourth-order valence-electron chi connectivity index (χ4n) is 2.87. The molecule has 1 N–H and O–H groups in total. The van der Waals surface area contributed by atoms with E-state index in [0.717, 1.165) is 47.6 Å². The maximum absolute atomic E-state index is 6.08. The summed E-state index contributed by atoms with van der Waals surface area (Å²) in [6.07, 6.45) is 5.32. The Labute approximate surface area is 129 Å². The van der Waals surface area contributed by atoms with Gasteiger partial charge in [0.05, 0.1) is 10.2 Å². The molecule has 0 unspecified atom stereocenters. The zero-order chi connectivity index (χ0) is 14.6. The summed E-state index contributed by atoms with van der Waals surface area (Å²) in [4.78, 5) is 9.53. The van der Waals surface area contributed by atoms with Crippen LogP contribution in [0.3, 0.4) is 0 Å². The molecule has 112 valence electrons. The second-order valence-corrected chi connectivity index (χ2v) is 5.97. The zero-order valence-corrected chi connectivity index (χ0v) is 14.2. The van der Waals surface area contributed by atoms with E-state index < -0.39 is 0 Å². The molecule has 0 bridgehead atoms. The van der Waals surface area contributed by atoms with Crippen LogP contribution in [-0.2, 0) is 16.8 Å². The predicted octanol–water partition coefficient (Wildman–Crippen LogP) is 4.04. The number of ether oxygens (including phenoxy) is 1. The fourth-order valence-corrected chi connectivity index (χ4v) is 3.47. The first-order chi connectivity index (χ1) is 9.66. The van der Waals surface area contributed by atoms with Gasteiger partial charge in [0, 0.05) is 13.2 Å². The van der Waals surface area contributed by atoms with Crippen molar-refractivity contribution in [2.24, 2.45) is 0 Å². The van der Waals surface area contributed by atoms with Gasteiger partial charge in [-0.1, -0.05) is 6.92 Å². The van der Waals surface area contributed by atoms with Crippen LogP contribution in [0.25, 0.3) is 0 Å². The molecule has 0 saturated heterocycles. The first-order valence-corrected chi connectivity index (χ1v) is 8.40. The molecule has 1 fully saturated rings. The molecule has 0 amide bonds. The van der Waals surface area contributed by atoms with Gasteiger partial charge in [-0.25, -0.2) is 9.97 Å². The molecule has 1 aromatic heterocycles. The van der Waals surface area contributed by atoms with Gasteiger partial charge >= 0.3 is 0 Å². The Balaban J connectivity index is 2.46. The third kappa shape index (κ3) is 2.98. The van der Waals surface area contributed by atoms with Crippen molar-refractivity contribution in [1.29, 1.82) is 0 Å². The summed E-state index contributed by atoms with van der Waals surface area (Å²) in [5.74, 6) is 1.74. The fraction of sp³-hybridized carbons (Fsp3) is 0.733. The zero-order valence-electron chi connectivity index (χ0n) is 12.6. The van der Waals surface area contributed by atoms with Gasteiger partial charge in [0.15, 0.2) is 5.82 Å². The molecule has 1 saturated carbocycles. The van der Waals surface area contributed by atoms with Crippen molar-refractivity contribution >= 4 is 21.7 Å². The van der Waals surface area contributed by atoms with E-state index in [4.69, 9.17) is 14.7 Å². The van der Waals surface area contributed by atoms with E-state index in [1.165, 1.54) is 12.8 Å². The Morgan fingerprint density at radius 1 is 1.20 bits per heavy atom. The summed E-state index contributed by atoms with van der Waals surface area (Å²) >= 11 is 3.61. The molecular formula is C15H24BrN3O. The normalized spacial score (nSPS) is 17.4. The quantitative estimate of drug-likeness (QED) is 0.848. The van der Waals surface area contributed by atoms with Gasteiger partial charge < -0.3 is 10.1 Å². The van der Waals surface area contributed by atoms with Crippen molar-refractivity contribution in [2.45, 2.75) is 58.5 Å². The molecule has 5 heteroatoms. The van der Waals surface area contributed by atoms with Gasteiger partial charge in [-0.05, 0) is 61.9 Å². The van der Waals surface area contributed by atoms with E-state index in [9.17, 15) is 0 Å². The lowest BCUT2D eigenvalue weighted by Gasteiger charge is -2.28. The molecular weight excluding hydrogens is 318 g/mol. The molecule has 1 aliphatic carbocycles. The number of nitrogens with zero attached hydrogens (tertiary/aromatic N) is 2. The van der Waals surface area contributed by atoms with E-state index >= 15 is 0 Å². The smallest absolute Gasteiger partial charge is 0.162 e. The monoisotopic (exact) mass is 341 g/mol. The number of hydrogen-bond donors (Lipinski definition) is 1. The minimum Gasteiger partial charge on any atom is -0.369 e. The molecule has 0 aliphatic heterocycles. The van der Waals surface area contributed by atoms with Crippen molar-refractivity contribution in [3.05, 3.63) is 16.0 Å². The second-order valence-electron chi connectivity index (χ2n) is 5.17. The summed E-state index contributed by atoms with van der Waals surface area (Å²) in [5.41, 5.74) is 0.778. The number of halogens is 1. The molecule has 1 aliphatic rings. The first kappa shape index (κ1) is 15.7. The lowest BCUT2D eigenvalue weighted by molar-refractivity contribution is -0.0457. The molecule has 1 aromatic rings. The van der Waals surface area contributed by atoms with E-state index in [2.05, 4.69) is 35.1 Å². The van der Waals surface area contributed by atoms with E-state index in [1.807, 2.05) is 6.92 Å². The summed E-state index contributed by atoms with van der Waals surface area (Å²) < 4.78 is 7.06. The molecule has 0 spiro atoms. The summed E-state index contributed by atoms with van der Waals surface area (Å²) in [7, 11) is 0. The average Bonchev–Trinajstić information content (AvgIpc) is 2.91. The Bertz CT molecular complexity index is 459. The lowest BCUT2D eigenvalue weighted by atomic mass is 10.0. The van der Waals surface area contributed by atoms with Gasteiger partial charge in [0.1, 0.15) is 11.4 Å². The second kappa shape index (κ2) is 6.85. The van der Waals surface area contributed by atoms with Crippen LogP contribution in [0.1, 0.15) is 58.0 Å². The topological polar surface area (TPSA) is 47.0 Å². The number of nitrogens with one attached hydrogen (secondary N) is 1. The standard InChI is InChI=1S/C15H24BrN3O/c1-4-11-12(16)13(17-5-2)19-14(18-11)15(20-6-3)9-7-8-10-15/h4-10H2,1-3H3,(H,17,18,19). The predicted molar refractivity (Wildman–Crippen MR) is 85.0 cm³/mol. The van der Waals surface area contributed by atoms with Crippen LogP contribution in [0, 0.1) is 0 Å². The Morgan fingerprint density at radius 2 is 1.90 bits per heavy atom. The molecule has 2 rings (SSSR count). The number of anilines is 1. The summed E-state index contributed by atoms with van der Waals surface area (Å²) in [6.45, 7) is 7.80. The van der Waals surface area contributed by atoms with Gasteiger partial charge in [-0.2, -0.15) is 0 Å². The van der Waals surface area contributed by atoms with Crippen LogP contribution >= 0.6 is 15.9 Å². The molecule has 0 radical (unpaired) electrons. The van der Waals surface area contributed by atoms with Gasteiger partial charge in [-0.3, -0.25) is 0 Å². The highest BCUT2D eigenvalue weighted by Gasteiger charge is 2.40. The molecule has 20 heavy (non-hydrogen) atoms. The third-order valence-electron chi connectivity index (χ3n) is 3.84. The van der Waals surface area contributed by atoms with Crippen LogP contribution in [0.4, 0.5) is 5.82 Å². The average molecular weight is 342 g/mol. The highest BCUT2D eigenvalue weighted by molar-refractivity contribution is 9.10.